The van der Waals surface area contributed by atoms with Crippen molar-refractivity contribution < 1.29 is 13.5 Å². The highest BCUT2D eigenvalue weighted by atomic mass is 32.2. The third-order valence-electron chi connectivity index (χ3n) is 2.31. The van der Waals surface area contributed by atoms with Crippen LogP contribution in [-0.2, 0) is 10.0 Å². The fourth-order valence-electron chi connectivity index (χ4n) is 1.32. The van der Waals surface area contributed by atoms with E-state index in [0.29, 0.717) is 11.3 Å². The lowest BCUT2D eigenvalue weighted by molar-refractivity contribution is 0.471. The van der Waals surface area contributed by atoms with Crippen molar-refractivity contribution in [3.05, 3.63) is 36.3 Å². The average molecular weight is 253 g/mol. The van der Waals surface area contributed by atoms with Crippen LogP contribution >= 0.6 is 0 Å². The Morgan fingerprint density at radius 2 is 2.18 bits per heavy atom. The van der Waals surface area contributed by atoms with E-state index < -0.39 is 10.0 Å². The van der Waals surface area contributed by atoms with E-state index in [1.54, 1.807) is 19.1 Å². The van der Waals surface area contributed by atoms with Crippen LogP contribution in [0.5, 0.6) is 5.75 Å². The number of imidazole rings is 1. The van der Waals surface area contributed by atoms with Crippen molar-refractivity contribution in [3.63, 3.8) is 0 Å². The summed E-state index contributed by atoms with van der Waals surface area (Å²) in [7, 11) is -3.69. The maximum Gasteiger partial charge on any atom is 0.278 e. The number of aromatic hydroxyl groups is 1. The molecule has 1 aromatic carbocycles. The molecule has 7 heteroatoms. The van der Waals surface area contributed by atoms with Crippen molar-refractivity contribution in [2.75, 3.05) is 4.72 Å². The van der Waals surface area contributed by atoms with Crippen LogP contribution in [0.3, 0.4) is 0 Å². The molecule has 1 aromatic heterocycles. The van der Waals surface area contributed by atoms with Crippen LogP contribution in [0.25, 0.3) is 0 Å². The van der Waals surface area contributed by atoms with E-state index >= 15 is 0 Å². The fourth-order valence-corrected chi connectivity index (χ4v) is 2.35. The first-order chi connectivity index (χ1) is 8.00. The molecule has 0 aliphatic rings. The van der Waals surface area contributed by atoms with Crippen molar-refractivity contribution >= 4 is 15.7 Å². The highest BCUT2D eigenvalue weighted by molar-refractivity contribution is 7.92. The molecule has 0 saturated carbocycles. The Bertz CT molecular complexity index is 620. The van der Waals surface area contributed by atoms with Gasteiger partial charge < -0.3 is 10.1 Å². The Morgan fingerprint density at radius 3 is 2.82 bits per heavy atom. The van der Waals surface area contributed by atoms with Gasteiger partial charge >= 0.3 is 0 Å². The monoisotopic (exact) mass is 253 g/mol. The van der Waals surface area contributed by atoms with Gasteiger partial charge in [-0.15, -0.1) is 0 Å². The van der Waals surface area contributed by atoms with Gasteiger partial charge in [-0.25, -0.2) is 4.98 Å². The molecule has 0 fully saturated rings. The zero-order chi connectivity index (χ0) is 12.5. The zero-order valence-corrected chi connectivity index (χ0v) is 9.82. The first-order valence-electron chi connectivity index (χ1n) is 4.80. The summed E-state index contributed by atoms with van der Waals surface area (Å²) in [5, 5.41) is 9.44. The number of H-pyrrole nitrogens is 1. The molecular formula is C10H11N3O3S. The Balaban J connectivity index is 2.37. The first kappa shape index (κ1) is 11.5. The van der Waals surface area contributed by atoms with E-state index in [4.69, 9.17) is 0 Å². The Labute approximate surface area is 98.4 Å². The minimum absolute atomic E-state index is 0.0276. The van der Waals surface area contributed by atoms with Crippen LogP contribution in [0.1, 0.15) is 5.56 Å². The molecule has 0 amide bonds. The largest absolute Gasteiger partial charge is 0.508 e. The summed E-state index contributed by atoms with van der Waals surface area (Å²) >= 11 is 0. The number of sulfonamides is 1. The summed E-state index contributed by atoms with van der Waals surface area (Å²) in [6, 6.07) is 4.62. The highest BCUT2D eigenvalue weighted by Gasteiger charge is 2.17. The zero-order valence-electron chi connectivity index (χ0n) is 9.01. The molecule has 2 rings (SSSR count). The van der Waals surface area contributed by atoms with Crippen LogP contribution in [0, 0.1) is 6.92 Å². The highest BCUT2D eigenvalue weighted by Crippen LogP contribution is 2.25. The topological polar surface area (TPSA) is 95.1 Å². The van der Waals surface area contributed by atoms with Crippen molar-refractivity contribution in [2.24, 2.45) is 0 Å². The Hall–Kier alpha value is -2.02. The lowest BCUT2D eigenvalue weighted by Crippen LogP contribution is -2.14. The van der Waals surface area contributed by atoms with Crippen molar-refractivity contribution in [1.82, 2.24) is 9.97 Å². The average Bonchev–Trinajstić information content (AvgIpc) is 2.78. The van der Waals surface area contributed by atoms with E-state index in [0.717, 1.165) is 0 Å². The number of anilines is 1. The van der Waals surface area contributed by atoms with Gasteiger partial charge in [0.15, 0.2) is 5.03 Å². The molecule has 0 aliphatic carbocycles. The maximum atomic E-state index is 11.9. The number of aromatic amines is 1. The summed E-state index contributed by atoms with van der Waals surface area (Å²) in [4.78, 5) is 6.15. The molecule has 1 heterocycles. The van der Waals surface area contributed by atoms with Gasteiger partial charge in [0.1, 0.15) is 5.75 Å². The summed E-state index contributed by atoms with van der Waals surface area (Å²) in [6.07, 6.45) is 2.49. The molecule has 17 heavy (non-hydrogen) atoms. The minimum atomic E-state index is -3.69. The molecule has 0 aliphatic heterocycles. The smallest absolute Gasteiger partial charge is 0.278 e. The lowest BCUT2D eigenvalue weighted by Gasteiger charge is -2.09. The summed E-state index contributed by atoms with van der Waals surface area (Å²) in [5.74, 6) is 0.0369. The van der Waals surface area contributed by atoms with E-state index in [-0.39, 0.29) is 10.8 Å². The predicted octanol–water partition coefficient (Wildman–Crippen LogP) is 1.22. The number of hydrogen-bond acceptors (Lipinski definition) is 4. The molecule has 0 saturated heterocycles. The van der Waals surface area contributed by atoms with Gasteiger partial charge in [0.05, 0.1) is 18.2 Å². The standard InChI is InChI=1S/C10H11N3O3S/c1-7-8(3-2-4-9(7)14)13-17(15,16)10-5-11-6-12-10/h2-6,13-14H,1H3,(H,11,12). The molecule has 90 valence electrons. The number of phenols is 1. The normalized spacial score (nSPS) is 11.4. The minimum Gasteiger partial charge on any atom is -0.508 e. The van der Waals surface area contributed by atoms with Crippen LogP contribution in [0.4, 0.5) is 5.69 Å². The van der Waals surface area contributed by atoms with Gasteiger partial charge in [0, 0.05) is 5.56 Å². The van der Waals surface area contributed by atoms with Gasteiger partial charge in [-0.05, 0) is 19.1 Å². The first-order valence-corrected chi connectivity index (χ1v) is 6.29. The summed E-state index contributed by atoms with van der Waals surface area (Å²) in [6.45, 7) is 1.63. The van der Waals surface area contributed by atoms with E-state index in [2.05, 4.69) is 14.7 Å². The number of aromatic nitrogens is 2. The van der Waals surface area contributed by atoms with E-state index in [1.165, 1.54) is 18.6 Å². The van der Waals surface area contributed by atoms with Gasteiger partial charge in [-0.2, -0.15) is 8.42 Å². The number of nitrogens with one attached hydrogen (secondary N) is 2. The van der Waals surface area contributed by atoms with Crippen molar-refractivity contribution in [1.29, 1.82) is 0 Å². The molecule has 0 spiro atoms. The molecular weight excluding hydrogens is 242 g/mol. The second kappa shape index (κ2) is 4.10. The quantitative estimate of drug-likeness (QED) is 0.766. The lowest BCUT2D eigenvalue weighted by atomic mass is 10.2. The van der Waals surface area contributed by atoms with Crippen molar-refractivity contribution in [2.45, 2.75) is 11.9 Å². The number of rotatable bonds is 3. The molecule has 0 atom stereocenters. The number of benzene rings is 1. The van der Waals surface area contributed by atoms with Crippen LogP contribution in [0.15, 0.2) is 35.7 Å². The van der Waals surface area contributed by atoms with Gasteiger partial charge in [0.2, 0.25) is 0 Å². The molecule has 0 unspecified atom stereocenters. The second-order valence-corrected chi connectivity index (χ2v) is 5.12. The van der Waals surface area contributed by atoms with E-state index in [1.807, 2.05) is 0 Å². The van der Waals surface area contributed by atoms with Crippen LogP contribution < -0.4 is 4.72 Å². The fraction of sp³-hybridized carbons (Fsp3) is 0.100. The van der Waals surface area contributed by atoms with Crippen molar-refractivity contribution in [3.8, 4) is 5.75 Å². The third-order valence-corrected chi connectivity index (χ3v) is 3.60. The van der Waals surface area contributed by atoms with Gasteiger partial charge in [-0.3, -0.25) is 4.72 Å². The summed E-state index contributed by atoms with van der Waals surface area (Å²) < 4.78 is 26.1. The van der Waals surface area contributed by atoms with Crippen LogP contribution in [0.2, 0.25) is 0 Å². The maximum absolute atomic E-state index is 11.9. The number of phenolic OH excluding ortho intramolecular Hbond substituents is 1. The molecule has 3 N–H and O–H groups in total. The number of nitrogens with zero attached hydrogens (tertiary/aromatic N) is 1. The second-order valence-electron chi connectivity index (χ2n) is 3.47. The molecule has 0 radical (unpaired) electrons. The molecule has 2 aromatic rings. The predicted molar refractivity (Wildman–Crippen MR) is 62.2 cm³/mol. The van der Waals surface area contributed by atoms with E-state index in [9.17, 15) is 13.5 Å². The van der Waals surface area contributed by atoms with Gasteiger partial charge in [-0.1, -0.05) is 6.07 Å². The van der Waals surface area contributed by atoms with Gasteiger partial charge in [0.25, 0.3) is 10.0 Å². The Morgan fingerprint density at radius 1 is 1.41 bits per heavy atom. The van der Waals surface area contributed by atoms with Crippen LogP contribution in [-0.4, -0.2) is 23.5 Å². The SMILES string of the molecule is Cc1c(O)cccc1NS(=O)(=O)c1cnc[nH]1. The summed E-state index contributed by atoms with van der Waals surface area (Å²) in [5.41, 5.74) is 0.801. The Kier molecular flexibility index (Phi) is 2.76. The molecule has 0 bridgehead atoms. The third kappa shape index (κ3) is 2.23. The number of hydrogen-bond donors (Lipinski definition) is 3. The molecule has 6 nitrogen and oxygen atoms in total.